The second-order valence-corrected chi connectivity index (χ2v) is 4.71. The predicted octanol–water partition coefficient (Wildman–Crippen LogP) is 2.59. The van der Waals surface area contributed by atoms with Crippen molar-refractivity contribution in [1.29, 1.82) is 5.26 Å². The summed E-state index contributed by atoms with van der Waals surface area (Å²) in [5, 5.41) is 13.8. The van der Waals surface area contributed by atoms with Crippen molar-refractivity contribution in [1.82, 2.24) is 5.32 Å². The number of alkyl halides is 3. The lowest BCUT2D eigenvalue weighted by Crippen LogP contribution is -2.19. The van der Waals surface area contributed by atoms with Crippen molar-refractivity contribution in [3.8, 4) is 6.07 Å². The highest BCUT2D eigenvalue weighted by atomic mass is 19.4. The molecule has 0 aromatic heterocycles. The molecule has 25 heavy (non-hydrogen) atoms. The van der Waals surface area contributed by atoms with E-state index < -0.39 is 23.6 Å². The Bertz CT molecular complexity index is 694. The molecule has 1 aromatic rings. The molecular weight excluding hydrogens is 339 g/mol. The fourth-order valence-corrected chi connectivity index (χ4v) is 1.70. The lowest BCUT2D eigenvalue weighted by molar-refractivity contribution is -0.143. The Morgan fingerprint density at radius 2 is 2.08 bits per heavy atom. The highest BCUT2D eigenvalue weighted by Gasteiger charge is 2.30. The van der Waals surface area contributed by atoms with Crippen LogP contribution < -0.4 is 10.6 Å². The predicted molar refractivity (Wildman–Crippen MR) is 83.0 cm³/mol. The minimum Gasteiger partial charge on any atom is -0.466 e. The van der Waals surface area contributed by atoms with Crippen LogP contribution in [0.3, 0.4) is 0 Å². The van der Waals surface area contributed by atoms with Crippen molar-refractivity contribution in [3.05, 3.63) is 41.6 Å². The molecule has 1 rings (SSSR count). The van der Waals surface area contributed by atoms with E-state index in [0.29, 0.717) is 0 Å². The molecule has 0 aliphatic carbocycles. The lowest BCUT2D eigenvalue weighted by atomic mass is 10.2. The molecule has 9 heteroatoms. The zero-order valence-corrected chi connectivity index (χ0v) is 13.3. The maximum absolute atomic E-state index is 12.6. The summed E-state index contributed by atoms with van der Waals surface area (Å²) in [6.07, 6.45) is -3.41. The van der Waals surface area contributed by atoms with Crippen LogP contribution in [0.25, 0.3) is 0 Å². The molecule has 1 aromatic carbocycles. The second-order valence-electron chi connectivity index (χ2n) is 4.71. The molecule has 0 saturated carbocycles. The van der Waals surface area contributed by atoms with E-state index in [1.165, 1.54) is 6.07 Å². The second kappa shape index (κ2) is 9.32. The van der Waals surface area contributed by atoms with E-state index >= 15 is 0 Å². The number of amides is 1. The average Bonchev–Trinajstić information content (AvgIpc) is 2.54. The third-order valence-electron chi connectivity index (χ3n) is 2.84. The van der Waals surface area contributed by atoms with Crippen LogP contribution in [-0.4, -0.2) is 25.0 Å². The van der Waals surface area contributed by atoms with Gasteiger partial charge in [0.2, 0.25) is 0 Å². The molecule has 0 aliphatic rings. The van der Waals surface area contributed by atoms with Crippen LogP contribution in [-0.2, 0) is 20.5 Å². The Balaban J connectivity index is 2.66. The number of hydrogen-bond donors (Lipinski definition) is 2. The molecule has 0 heterocycles. The van der Waals surface area contributed by atoms with Gasteiger partial charge >= 0.3 is 12.1 Å². The van der Waals surface area contributed by atoms with Gasteiger partial charge in [-0.15, -0.1) is 0 Å². The molecule has 0 aliphatic heterocycles. The molecule has 0 unspecified atom stereocenters. The summed E-state index contributed by atoms with van der Waals surface area (Å²) in [5.41, 5.74) is -1.35. The fourth-order valence-electron chi connectivity index (χ4n) is 1.70. The standard InChI is InChI=1S/C16H16F3N3O3/c1-2-25-14(23)6-7-21-10-11(9-20)15(24)22-13-5-3-4-12(8-13)16(17,18)19/h3-5,8,10,21H,2,6-7H2,1H3,(H,22,24)/b11-10-. The van der Waals surface area contributed by atoms with Crippen LogP contribution >= 0.6 is 0 Å². The lowest BCUT2D eigenvalue weighted by Gasteiger charge is -2.09. The number of nitrogens with zero attached hydrogens (tertiary/aromatic N) is 1. The number of carbonyl (C=O) groups is 2. The van der Waals surface area contributed by atoms with E-state index in [9.17, 15) is 22.8 Å². The summed E-state index contributed by atoms with van der Waals surface area (Å²) in [6, 6.07) is 5.68. The quantitative estimate of drug-likeness (QED) is 0.340. The van der Waals surface area contributed by atoms with Gasteiger partial charge in [-0.1, -0.05) is 6.07 Å². The zero-order valence-electron chi connectivity index (χ0n) is 13.3. The number of benzene rings is 1. The number of esters is 1. The van der Waals surface area contributed by atoms with Gasteiger partial charge in [0.05, 0.1) is 18.6 Å². The number of nitriles is 1. The van der Waals surface area contributed by atoms with Gasteiger partial charge in [-0.05, 0) is 25.1 Å². The van der Waals surface area contributed by atoms with E-state index in [1.54, 1.807) is 13.0 Å². The van der Waals surface area contributed by atoms with Crippen LogP contribution in [0.5, 0.6) is 0 Å². The maximum Gasteiger partial charge on any atom is 0.416 e. The summed E-state index contributed by atoms with van der Waals surface area (Å²) in [4.78, 5) is 23.0. The van der Waals surface area contributed by atoms with Gasteiger partial charge in [-0.3, -0.25) is 9.59 Å². The molecule has 0 saturated heterocycles. The topological polar surface area (TPSA) is 91.2 Å². The van der Waals surface area contributed by atoms with E-state index in [0.717, 1.165) is 24.4 Å². The van der Waals surface area contributed by atoms with Gasteiger partial charge in [-0.2, -0.15) is 18.4 Å². The van der Waals surface area contributed by atoms with Crippen LogP contribution in [0.1, 0.15) is 18.9 Å². The summed E-state index contributed by atoms with van der Waals surface area (Å²) in [7, 11) is 0. The first-order chi connectivity index (χ1) is 11.8. The number of carbonyl (C=O) groups excluding carboxylic acids is 2. The number of nitrogens with one attached hydrogen (secondary N) is 2. The fraction of sp³-hybridized carbons (Fsp3) is 0.312. The molecule has 1 amide bonds. The van der Waals surface area contributed by atoms with Crippen molar-refractivity contribution in [3.63, 3.8) is 0 Å². The Morgan fingerprint density at radius 3 is 2.68 bits per heavy atom. The molecule has 0 atom stereocenters. The smallest absolute Gasteiger partial charge is 0.416 e. The van der Waals surface area contributed by atoms with Crippen molar-refractivity contribution in [2.75, 3.05) is 18.5 Å². The largest absolute Gasteiger partial charge is 0.466 e. The summed E-state index contributed by atoms with van der Waals surface area (Å²) < 4.78 is 42.6. The van der Waals surface area contributed by atoms with E-state index in [1.807, 2.05) is 0 Å². The monoisotopic (exact) mass is 355 g/mol. The zero-order chi connectivity index (χ0) is 18.9. The van der Waals surface area contributed by atoms with Gasteiger partial charge < -0.3 is 15.4 Å². The Morgan fingerprint density at radius 1 is 1.36 bits per heavy atom. The van der Waals surface area contributed by atoms with Crippen LogP contribution in [0.15, 0.2) is 36.0 Å². The molecule has 0 spiro atoms. The van der Waals surface area contributed by atoms with E-state index in [4.69, 9.17) is 10.00 Å². The Labute approximate surface area is 142 Å². The first kappa shape index (κ1) is 20.0. The van der Waals surface area contributed by atoms with Crippen molar-refractivity contribution in [2.24, 2.45) is 0 Å². The summed E-state index contributed by atoms with van der Waals surface area (Å²) >= 11 is 0. The molecule has 0 fully saturated rings. The third-order valence-corrected chi connectivity index (χ3v) is 2.84. The molecular formula is C16H16F3N3O3. The highest BCUT2D eigenvalue weighted by molar-refractivity contribution is 6.06. The number of anilines is 1. The van der Waals surface area contributed by atoms with Crippen molar-refractivity contribution < 1.29 is 27.5 Å². The van der Waals surface area contributed by atoms with Gasteiger partial charge in [-0.25, -0.2) is 0 Å². The molecule has 2 N–H and O–H groups in total. The number of halogens is 3. The molecule has 0 bridgehead atoms. The first-order valence-corrected chi connectivity index (χ1v) is 7.25. The Hall–Kier alpha value is -3.02. The molecule has 134 valence electrons. The average molecular weight is 355 g/mol. The SMILES string of the molecule is CCOC(=O)CCN/C=C(/C#N)C(=O)Nc1cccc(C(F)(F)F)c1. The van der Waals surface area contributed by atoms with Gasteiger partial charge in [0.15, 0.2) is 0 Å². The van der Waals surface area contributed by atoms with Crippen LogP contribution in [0, 0.1) is 11.3 Å². The van der Waals surface area contributed by atoms with Gasteiger partial charge in [0.1, 0.15) is 11.6 Å². The number of ether oxygens (including phenoxy) is 1. The minimum absolute atomic E-state index is 0.0400. The maximum atomic E-state index is 12.6. The normalized spacial score (nSPS) is 11.4. The summed E-state index contributed by atoms with van der Waals surface area (Å²) in [6.45, 7) is 2.05. The minimum atomic E-state index is -4.54. The summed E-state index contributed by atoms with van der Waals surface area (Å²) in [5.74, 6) is -1.30. The van der Waals surface area contributed by atoms with Crippen LogP contribution in [0.2, 0.25) is 0 Å². The van der Waals surface area contributed by atoms with Crippen molar-refractivity contribution in [2.45, 2.75) is 19.5 Å². The van der Waals surface area contributed by atoms with Crippen LogP contribution in [0.4, 0.5) is 18.9 Å². The molecule has 0 radical (unpaired) electrons. The van der Waals surface area contributed by atoms with Gasteiger partial charge in [0, 0.05) is 18.4 Å². The Kier molecular flexibility index (Phi) is 7.46. The highest BCUT2D eigenvalue weighted by Crippen LogP contribution is 2.30. The molecule has 6 nitrogen and oxygen atoms in total. The van der Waals surface area contributed by atoms with E-state index in [2.05, 4.69) is 10.6 Å². The first-order valence-electron chi connectivity index (χ1n) is 7.25. The third kappa shape index (κ3) is 6.95. The van der Waals surface area contributed by atoms with E-state index in [-0.39, 0.29) is 30.8 Å². The number of rotatable bonds is 7. The number of hydrogen-bond acceptors (Lipinski definition) is 5. The van der Waals surface area contributed by atoms with Crippen molar-refractivity contribution >= 4 is 17.6 Å². The van der Waals surface area contributed by atoms with Gasteiger partial charge in [0.25, 0.3) is 5.91 Å².